The first-order valence-corrected chi connectivity index (χ1v) is 10.9. The molecular weight excluding hydrogens is 446 g/mol. The first-order chi connectivity index (χ1) is 15.4. The molecule has 4 rings (SSSR count). The van der Waals surface area contributed by atoms with Crippen molar-refractivity contribution in [1.82, 2.24) is 4.90 Å². The third-order valence-electron chi connectivity index (χ3n) is 4.74. The molecule has 1 saturated heterocycles. The van der Waals surface area contributed by atoms with Crippen LogP contribution < -0.4 is 9.47 Å². The zero-order valence-corrected chi connectivity index (χ0v) is 19.0. The number of methoxy groups -OCH3 is 1. The lowest BCUT2D eigenvalue weighted by atomic mass is 10.1. The Morgan fingerprint density at radius 2 is 1.94 bits per heavy atom. The van der Waals surface area contributed by atoms with Gasteiger partial charge in [0.1, 0.15) is 10.1 Å². The molecule has 162 valence electrons. The molecule has 0 spiro atoms. The predicted molar refractivity (Wildman–Crippen MR) is 127 cm³/mol. The smallest absolute Gasteiger partial charge is 0.343 e. The van der Waals surface area contributed by atoms with Crippen molar-refractivity contribution < 1.29 is 23.5 Å². The summed E-state index contributed by atoms with van der Waals surface area (Å²) >= 11 is 6.58. The van der Waals surface area contributed by atoms with Crippen LogP contribution in [0, 0.1) is 6.92 Å². The summed E-state index contributed by atoms with van der Waals surface area (Å²) in [5.41, 5.74) is 2.22. The molecule has 0 bridgehead atoms. The molecule has 1 aliphatic rings. The molecule has 0 aliphatic carbocycles. The van der Waals surface area contributed by atoms with Crippen LogP contribution >= 0.6 is 24.0 Å². The van der Waals surface area contributed by atoms with Gasteiger partial charge in [-0.15, -0.1) is 0 Å². The number of hydrogen-bond donors (Lipinski definition) is 0. The molecule has 1 amide bonds. The number of carbonyl (C=O) groups excluding carboxylic acids is 2. The minimum Gasteiger partial charge on any atom is -0.493 e. The van der Waals surface area contributed by atoms with Crippen molar-refractivity contribution in [3.8, 4) is 11.5 Å². The topological polar surface area (TPSA) is 69.0 Å². The van der Waals surface area contributed by atoms with Crippen LogP contribution in [0.25, 0.3) is 6.08 Å². The van der Waals surface area contributed by atoms with Crippen LogP contribution in [0.3, 0.4) is 0 Å². The zero-order chi connectivity index (χ0) is 22.7. The minimum atomic E-state index is -0.477. The Morgan fingerprint density at radius 3 is 2.62 bits per heavy atom. The number of furan rings is 1. The summed E-state index contributed by atoms with van der Waals surface area (Å²) in [6, 6.07) is 15.8. The largest absolute Gasteiger partial charge is 0.493 e. The van der Waals surface area contributed by atoms with Crippen LogP contribution in [0.4, 0.5) is 0 Å². The van der Waals surface area contributed by atoms with Crippen molar-refractivity contribution in [2.75, 3.05) is 7.11 Å². The van der Waals surface area contributed by atoms with E-state index in [1.54, 1.807) is 54.8 Å². The van der Waals surface area contributed by atoms with Gasteiger partial charge >= 0.3 is 5.97 Å². The number of hydrogen-bond acceptors (Lipinski definition) is 7. The Labute approximate surface area is 194 Å². The van der Waals surface area contributed by atoms with Gasteiger partial charge in [-0.2, -0.15) is 0 Å². The number of amides is 1. The average molecular weight is 466 g/mol. The molecule has 3 aromatic rings. The molecule has 1 fully saturated rings. The van der Waals surface area contributed by atoms with Crippen molar-refractivity contribution in [2.24, 2.45) is 0 Å². The summed E-state index contributed by atoms with van der Waals surface area (Å²) in [6.45, 7) is 2.23. The molecule has 8 heteroatoms. The van der Waals surface area contributed by atoms with Crippen LogP contribution in [0.5, 0.6) is 11.5 Å². The second-order valence-electron chi connectivity index (χ2n) is 7.01. The molecule has 0 unspecified atom stereocenters. The van der Waals surface area contributed by atoms with E-state index in [4.69, 9.17) is 26.1 Å². The van der Waals surface area contributed by atoms with Crippen LogP contribution in [-0.2, 0) is 11.3 Å². The van der Waals surface area contributed by atoms with Crippen LogP contribution in [0.15, 0.2) is 70.2 Å². The summed E-state index contributed by atoms with van der Waals surface area (Å²) in [4.78, 5) is 27.2. The molecule has 0 saturated carbocycles. The molecular formula is C24H19NO5S2. The van der Waals surface area contributed by atoms with Gasteiger partial charge in [-0.25, -0.2) is 4.79 Å². The number of rotatable bonds is 6. The standard InChI is InChI=1S/C24H19NO5S2/c1-15-5-8-17(9-6-15)23(27)30-19-10-7-16(12-20(19)28-2)13-21-22(26)25(24(31)32-21)14-18-4-3-11-29-18/h3-13H,14H2,1-2H3. The monoisotopic (exact) mass is 465 g/mol. The second kappa shape index (κ2) is 9.42. The van der Waals surface area contributed by atoms with Gasteiger partial charge in [-0.1, -0.05) is 47.7 Å². The van der Waals surface area contributed by atoms with Crippen molar-refractivity contribution in [1.29, 1.82) is 0 Å². The lowest BCUT2D eigenvalue weighted by Crippen LogP contribution is -2.27. The van der Waals surface area contributed by atoms with Gasteiger partial charge in [0.25, 0.3) is 5.91 Å². The van der Waals surface area contributed by atoms with E-state index in [1.165, 1.54) is 23.8 Å². The van der Waals surface area contributed by atoms with Gasteiger partial charge in [-0.3, -0.25) is 9.69 Å². The average Bonchev–Trinajstić information content (AvgIpc) is 3.39. The van der Waals surface area contributed by atoms with Gasteiger partial charge in [0, 0.05) is 0 Å². The number of ether oxygens (including phenoxy) is 2. The number of carbonyl (C=O) groups is 2. The van der Waals surface area contributed by atoms with Crippen molar-refractivity contribution in [2.45, 2.75) is 13.5 Å². The molecule has 6 nitrogen and oxygen atoms in total. The highest BCUT2D eigenvalue weighted by Gasteiger charge is 2.32. The number of esters is 1. The van der Waals surface area contributed by atoms with Crippen LogP contribution in [0.1, 0.15) is 27.2 Å². The third kappa shape index (κ3) is 4.76. The van der Waals surface area contributed by atoms with Crippen molar-refractivity contribution in [3.05, 3.63) is 88.2 Å². The Morgan fingerprint density at radius 1 is 1.16 bits per heavy atom. The maximum absolute atomic E-state index is 12.8. The van der Waals surface area contributed by atoms with Gasteiger partial charge in [0.2, 0.25) is 0 Å². The van der Waals surface area contributed by atoms with Gasteiger partial charge in [0.15, 0.2) is 11.5 Å². The Kier molecular flexibility index (Phi) is 6.43. The molecule has 0 radical (unpaired) electrons. The van der Waals surface area contributed by atoms with Crippen LogP contribution in [0.2, 0.25) is 0 Å². The van der Waals surface area contributed by atoms with E-state index < -0.39 is 5.97 Å². The number of benzene rings is 2. The molecule has 2 aromatic carbocycles. The highest BCUT2D eigenvalue weighted by atomic mass is 32.2. The van der Waals surface area contributed by atoms with E-state index in [0.29, 0.717) is 32.0 Å². The lowest BCUT2D eigenvalue weighted by Gasteiger charge is -2.12. The van der Waals surface area contributed by atoms with Gasteiger partial charge in [0.05, 0.1) is 30.4 Å². The van der Waals surface area contributed by atoms with Gasteiger partial charge in [-0.05, 0) is 55.0 Å². The summed E-state index contributed by atoms with van der Waals surface area (Å²) in [7, 11) is 1.49. The molecule has 0 N–H and O–H groups in total. The van der Waals surface area contributed by atoms with E-state index in [0.717, 1.165) is 11.1 Å². The second-order valence-corrected chi connectivity index (χ2v) is 8.69. The highest BCUT2D eigenvalue weighted by molar-refractivity contribution is 8.26. The maximum atomic E-state index is 12.8. The Bertz CT molecular complexity index is 1200. The first-order valence-electron chi connectivity index (χ1n) is 9.69. The summed E-state index contributed by atoms with van der Waals surface area (Å²) in [6.07, 6.45) is 3.29. The quantitative estimate of drug-likeness (QED) is 0.214. The fourth-order valence-electron chi connectivity index (χ4n) is 3.05. The number of thioether (sulfide) groups is 1. The maximum Gasteiger partial charge on any atom is 0.343 e. The van der Waals surface area contributed by atoms with Crippen LogP contribution in [-0.4, -0.2) is 28.2 Å². The SMILES string of the molecule is COc1cc(C=C2SC(=S)N(Cc3ccco3)C2=O)ccc1OC(=O)c1ccc(C)cc1. The summed E-state index contributed by atoms with van der Waals surface area (Å²) < 4.78 is 16.7. The first kappa shape index (κ1) is 21.9. The van der Waals surface area contributed by atoms with E-state index in [2.05, 4.69) is 0 Å². The molecule has 1 aromatic heterocycles. The highest BCUT2D eigenvalue weighted by Crippen LogP contribution is 2.35. The van der Waals surface area contributed by atoms with E-state index in [-0.39, 0.29) is 12.5 Å². The summed E-state index contributed by atoms with van der Waals surface area (Å²) in [5.74, 6) is 0.662. The zero-order valence-electron chi connectivity index (χ0n) is 17.4. The van der Waals surface area contributed by atoms with Gasteiger partial charge < -0.3 is 13.9 Å². The van der Waals surface area contributed by atoms with E-state index in [9.17, 15) is 9.59 Å². The minimum absolute atomic E-state index is 0.190. The number of aryl methyl sites for hydroxylation is 1. The van der Waals surface area contributed by atoms with Crippen molar-refractivity contribution in [3.63, 3.8) is 0 Å². The third-order valence-corrected chi connectivity index (χ3v) is 6.12. The fourth-order valence-corrected chi connectivity index (χ4v) is 4.31. The fraction of sp³-hybridized carbons (Fsp3) is 0.125. The van der Waals surface area contributed by atoms with Crippen molar-refractivity contribution >= 4 is 46.3 Å². The Balaban J connectivity index is 1.51. The summed E-state index contributed by atoms with van der Waals surface area (Å²) in [5, 5.41) is 0. The number of nitrogens with zero attached hydrogens (tertiary/aromatic N) is 1. The predicted octanol–water partition coefficient (Wildman–Crippen LogP) is 5.22. The normalized spacial score (nSPS) is 14.8. The number of thiocarbonyl (C=S) groups is 1. The van der Waals surface area contributed by atoms with E-state index >= 15 is 0 Å². The lowest BCUT2D eigenvalue weighted by molar-refractivity contribution is -0.122. The van der Waals surface area contributed by atoms with E-state index in [1.807, 2.05) is 19.1 Å². The molecule has 2 heterocycles. The molecule has 1 aliphatic heterocycles. The molecule has 32 heavy (non-hydrogen) atoms. The molecule has 0 atom stereocenters. The Hall–Kier alpha value is -3.36.